The number of hydrogen-bond acceptors (Lipinski definition) is 4. The maximum absolute atomic E-state index is 11.6. The Hall–Kier alpha value is -1.14. The zero-order valence-electron chi connectivity index (χ0n) is 9.96. The number of carboxylic acid groups (broad SMARTS) is 1. The standard InChI is InChI=1S/C11H18N2O4/c1-12-2-3-17-9(6-12)7-13-5-8(11(15)16)4-10(13)14/h8-9H,2-7H2,1H3,(H,15,16). The number of likely N-dealkylation sites (N-methyl/N-ethyl adjacent to an activating group) is 1. The topological polar surface area (TPSA) is 70.1 Å². The second-order valence-electron chi connectivity index (χ2n) is 4.79. The average Bonchev–Trinajstić information content (AvgIpc) is 2.61. The molecule has 1 N–H and O–H groups in total. The predicted molar refractivity (Wildman–Crippen MR) is 59.6 cm³/mol. The minimum absolute atomic E-state index is 0.00486. The number of rotatable bonds is 3. The fourth-order valence-corrected chi connectivity index (χ4v) is 2.34. The van der Waals surface area contributed by atoms with E-state index in [4.69, 9.17) is 9.84 Å². The molecule has 2 rings (SSSR count). The number of morpholine rings is 1. The molecule has 0 bridgehead atoms. The summed E-state index contributed by atoms with van der Waals surface area (Å²) in [5.41, 5.74) is 0. The van der Waals surface area contributed by atoms with Crippen LogP contribution in [0.15, 0.2) is 0 Å². The van der Waals surface area contributed by atoms with Crippen LogP contribution in [0.4, 0.5) is 0 Å². The van der Waals surface area contributed by atoms with E-state index in [1.54, 1.807) is 4.90 Å². The highest BCUT2D eigenvalue weighted by Crippen LogP contribution is 2.19. The van der Waals surface area contributed by atoms with Crippen molar-refractivity contribution < 1.29 is 19.4 Å². The molecular formula is C11H18N2O4. The van der Waals surface area contributed by atoms with Crippen molar-refractivity contribution in [2.45, 2.75) is 12.5 Å². The third-order valence-corrected chi connectivity index (χ3v) is 3.33. The van der Waals surface area contributed by atoms with E-state index >= 15 is 0 Å². The number of hydrogen-bond donors (Lipinski definition) is 1. The van der Waals surface area contributed by atoms with Crippen molar-refractivity contribution in [2.24, 2.45) is 5.92 Å². The Morgan fingerprint density at radius 1 is 1.53 bits per heavy atom. The number of ether oxygens (including phenoxy) is 1. The molecule has 0 spiro atoms. The number of nitrogens with zero attached hydrogens (tertiary/aromatic N) is 2. The van der Waals surface area contributed by atoms with Gasteiger partial charge in [0.25, 0.3) is 0 Å². The summed E-state index contributed by atoms with van der Waals surface area (Å²) in [6.07, 6.45) is 0.128. The molecule has 2 atom stereocenters. The molecule has 6 nitrogen and oxygen atoms in total. The lowest BCUT2D eigenvalue weighted by atomic mass is 10.1. The van der Waals surface area contributed by atoms with Crippen LogP contribution in [0.25, 0.3) is 0 Å². The van der Waals surface area contributed by atoms with Crippen LogP contribution in [0.5, 0.6) is 0 Å². The zero-order chi connectivity index (χ0) is 12.4. The van der Waals surface area contributed by atoms with Gasteiger partial charge in [-0.25, -0.2) is 0 Å². The van der Waals surface area contributed by atoms with Crippen molar-refractivity contribution in [2.75, 3.05) is 39.8 Å². The van der Waals surface area contributed by atoms with Gasteiger partial charge in [0.1, 0.15) is 0 Å². The van der Waals surface area contributed by atoms with Gasteiger partial charge in [-0.15, -0.1) is 0 Å². The maximum atomic E-state index is 11.6. The van der Waals surface area contributed by atoms with Crippen molar-refractivity contribution in [3.63, 3.8) is 0 Å². The molecule has 2 aliphatic heterocycles. The van der Waals surface area contributed by atoms with E-state index in [1.807, 2.05) is 7.05 Å². The first kappa shape index (κ1) is 12.3. The first-order valence-corrected chi connectivity index (χ1v) is 5.87. The SMILES string of the molecule is CN1CCOC(CN2CC(C(=O)O)CC2=O)C1. The highest BCUT2D eigenvalue weighted by atomic mass is 16.5. The van der Waals surface area contributed by atoms with Gasteiger partial charge in [0.2, 0.25) is 5.91 Å². The normalized spacial score (nSPS) is 30.9. The van der Waals surface area contributed by atoms with Crippen LogP contribution in [0, 0.1) is 5.92 Å². The molecule has 2 fully saturated rings. The summed E-state index contributed by atoms with van der Waals surface area (Å²) in [7, 11) is 2.02. The molecule has 0 saturated carbocycles. The Labute approximate surface area is 100 Å². The van der Waals surface area contributed by atoms with Gasteiger partial charge in [-0.2, -0.15) is 0 Å². The molecule has 2 heterocycles. The fraction of sp³-hybridized carbons (Fsp3) is 0.818. The molecule has 0 aromatic carbocycles. The number of carbonyl (C=O) groups is 2. The van der Waals surface area contributed by atoms with Crippen LogP contribution < -0.4 is 0 Å². The van der Waals surface area contributed by atoms with Crippen LogP contribution >= 0.6 is 0 Å². The van der Waals surface area contributed by atoms with E-state index in [2.05, 4.69) is 4.90 Å². The first-order chi connectivity index (χ1) is 8.06. The van der Waals surface area contributed by atoms with E-state index in [0.29, 0.717) is 19.7 Å². The molecule has 2 saturated heterocycles. The largest absolute Gasteiger partial charge is 0.481 e. The molecule has 2 aliphatic rings. The highest BCUT2D eigenvalue weighted by Gasteiger charge is 2.35. The summed E-state index contributed by atoms with van der Waals surface area (Å²) in [6, 6.07) is 0. The number of carbonyl (C=O) groups excluding carboxylic acids is 1. The second-order valence-corrected chi connectivity index (χ2v) is 4.79. The third kappa shape index (κ3) is 2.95. The Kier molecular flexibility index (Phi) is 3.63. The quantitative estimate of drug-likeness (QED) is 0.705. The Morgan fingerprint density at radius 2 is 2.29 bits per heavy atom. The maximum Gasteiger partial charge on any atom is 0.308 e. The smallest absolute Gasteiger partial charge is 0.308 e. The molecule has 0 aliphatic carbocycles. The van der Waals surface area contributed by atoms with E-state index < -0.39 is 11.9 Å². The van der Waals surface area contributed by atoms with E-state index in [1.165, 1.54) is 0 Å². The van der Waals surface area contributed by atoms with Crippen LogP contribution in [0.2, 0.25) is 0 Å². The predicted octanol–water partition coefficient (Wildman–Crippen LogP) is -0.750. The molecule has 96 valence electrons. The first-order valence-electron chi connectivity index (χ1n) is 5.87. The summed E-state index contributed by atoms with van der Waals surface area (Å²) >= 11 is 0. The lowest BCUT2D eigenvalue weighted by Gasteiger charge is -2.32. The Bertz CT molecular complexity index is 321. The summed E-state index contributed by atoms with van der Waals surface area (Å²) in [4.78, 5) is 26.2. The van der Waals surface area contributed by atoms with Crippen molar-refractivity contribution in [3.05, 3.63) is 0 Å². The van der Waals surface area contributed by atoms with Crippen LogP contribution in [-0.4, -0.2) is 72.7 Å². The van der Waals surface area contributed by atoms with Crippen molar-refractivity contribution in [1.29, 1.82) is 0 Å². The van der Waals surface area contributed by atoms with E-state index in [0.717, 1.165) is 13.1 Å². The minimum atomic E-state index is -0.887. The summed E-state index contributed by atoms with van der Waals surface area (Å²) in [6.45, 7) is 3.19. The Morgan fingerprint density at radius 3 is 2.88 bits per heavy atom. The highest BCUT2D eigenvalue weighted by molar-refractivity contribution is 5.86. The summed E-state index contributed by atoms with van der Waals surface area (Å²) in [5, 5.41) is 8.88. The molecule has 0 radical (unpaired) electrons. The lowest BCUT2D eigenvalue weighted by molar-refractivity contribution is -0.141. The van der Waals surface area contributed by atoms with Gasteiger partial charge in [-0.1, -0.05) is 0 Å². The van der Waals surface area contributed by atoms with Crippen molar-refractivity contribution >= 4 is 11.9 Å². The van der Waals surface area contributed by atoms with Gasteiger partial charge < -0.3 is 19.6 Å². The van der Waals surface area contributed by atoms with Crippen LogP contribution in [-0.2, 0) is 14.3 Å². The minimum Gasteiger partial charge on any atom is -0.481 e. The monoisotopic (exact) mass is 242 g/mol. The summed E-state index contributed by atoms with van der Waals surface area (Å²) < 4.78 is 5.57. The van der Waals surface area contributed by atoms with Crippen molar-refractivity contribution in [1.82, 2.24) is 9.80 Å². The van der Waals surface area contributed by atoms with Gasteiger partial charge in [-0.3, -0.25) is 9.59 Å². The van der Waals surface area contributed by atoms with E-state index in [9.17, 15) is 9.59 Å². The van der Waals surface area contributed by atoms with Crippen molar-refractivity contribution in [3.8, 4) is 0 Å². The zero-order valence-corrected chi connectivity index (χ0v) is 9.96. The summed E-state index contributed by atoms with van der Waals surface area (Å²) in [5.74, 6) is -1.51. The third-order valence-electron chi connectivity index (χ3n) is 3.33. The molecule has 0 aromatic heterocycles. The van der Waals surface area contributed by atoms with Gasteiger partial charge in [0, 0.05) is 32.6 Å². The second kappa shape index (κ2) is 5.01. The van der Waals surface area contributed by atoms with Gasteiger partial charge in [0.15, 0.2) is 0 Å². The number of aliphatic carboxylic acids is 1. The molecular weight excluding hydrogens is 224 g/mol. The Balaban J connectivity index is 1.86. The number of amides is 1. The average molecular weight is 242 g/mol. The number of carboxylic acids is 1. The van der Waals surface area contributed by atoms with Crippen LogP contribution in [0.1, 0.15) is 6.42 Å². The van der Waals surface area contributed by atoms with Gasteiger partial charge in [0.05, 0.1) is 18.6 Å². The molecule has 17 heavy (non-hydrogen) atoms. The molecule has 1 amide bonds. The molecule has 2 unspecified atom stereocenters. The van der Waals surface area contributed by atoms with E-state index in [-0.39, 0.29) is 18.4 Å². The van der Waals surface area contributed by atoms with Gasteiger partial charge >= 0.3 is 5.97 Å². The van der Waals surface area contributed by atoms with Gasteiger partial charge in [-0.05, 0) is 7.05 Å². The molecule has 0 aromatic rings. The van der Waals surface area contributed by atoms with Crippen LogP contribution in [0.3, 0.4) is 0 Å². The fourth-order valence-electron chi connectivity index (χ4n) is 2.34. The number of likely N-dealkylation sites (tertiary alicyclic amines) is 1. The lowest BCUT2D eigenvalue weighted by Crippen LogP contribution is -2.46. The molecule has 6 heteroatoms.